The average molecular weight is 313 g/mol. The lowest BCUT2D eigenvalue weighted by Gasteiger charge is -2.18. The van der Waals surface area contributed by atoms with Crippen LogP contribution in [-0.4, -0.2) is 13.9 Å². The van der Waals surface area contributed by atoms with Gasteiger partial charge in [-0.3, -0.25) is 0 Å². The topological polar surface area (TPSA) is 43.4 Å². The second kappa shape index (κ2) is 4.72. The zero-order valence-electron chi connectivity index (χ0n) is 9.37. The van der Waals surface area contributed by atoms with Crippen molar-refractivity contribution in [3.8, 4) is 0 Å². The van der Waals surface area contributed by atoms with Crippen LogP contribution in [0.25, 0.3) is 5.76 Å². The van der Waals surface area contributed by atoms with Crippen LogP contribution in [0.3, 0.4) is 0 Å². The number of benzene rings is 1. The molecule has 1 aromatic carbocycles. The van der Waals surface area contributed by atoms with E-state index in [2.05, 4.69) is 4.18 Å². The van der Waals surface area contributed by atoms with Gasteiger partial charge in [-0.15, -0.1) is 0 Å². The summed E-state index contributed by atoms with van der Waals surface area (Å²) in [6, 6.07) is 4.60. The Kier molecular flexibility index (Phi) is 3.53. The molecular weight excluding hydrogens is 305 g/mol. The number of hydrogen-bond acceptors (Lipinski definition) is 3. The summed E-state index contributed by atoms with van der Waals surface area (Å²) in [6.45, 7) is 0. The Bertz CT molecular complexity index is 635. The lowest BCUT2D eigenvalue weighted by molar-refractivity contribution is -0.0509. The fourth-order valence-corrected chi connectivity index (χ4v) is 2.37. The van der Waals surface area contributed by atoms with Gasteiger partial charge in [-0.1, -0.05) is 17.7 Å². The molecule has 19 heavy (non-hydrogen) atoms. The first-order valence-electron chi connectivity index (χ1n) is 5.20. The van der Waals surface area contributed by atoms with Gasteiger partial charge in [-0.05, 0) is 36.6 Å². The highest BCUT2D eigenvalue weighted by Gasteiger charge is 2.49. The summed E-state index contributed by atoms with van der Waals surface area (Å²) in [5.74, 6) is -0.332. The molecule has 1 aliphatic rings. The largest absolute Gasteiger partial charge is 0.534 e. The molecule has 0 radical (unpaired) electrons. The quantitative estimate of drug-likeness (QED) is 0.620. The van der Waals surface area contributed by atoms with E-state index in [0.29, 0.717) is 23.4 Å². The van der Waals surface area contributed by atoms with Gasteiger partial charge in [0.1, 0.15) is 5.76 Å². The van der Waals surface area contributed by atoms with Crippen molar-refractivity contribution in [2.75, 3.05) is 0 Å². The molecule has 0 aromatic heterocycles. The highest BCUT2D eigenvalue weighted by atomic mass is 35.5. The number of allylic oxidation sites excluding steroid dienone is 1. The summed E-state index contributed by atoms with van der Waals surface area (Å²) in [4.78, 5) is 0. The Morgan fingerprint density at radius 3 is 2.58 bits per heavy atom. The van der Waals surface area contributed by atoms with Gasteiger partial charge in [0, 0.05) is 10.6 Å². The van der Waals surface area contributed by atoms with E-state index in [9.17, 15) is 21.6 Å². The van der Waals surface area contributed by atoms with Crippen molar-refractivity contribution in [2.24, 2.45) is 0 Å². The van der Waals surface area contributed by atoms with Gasteiger partial charge in [0.25, 0.3) is 0 Å². The molecule has 2 rings (SSSR count). The molecule has 8 heteroatoms. The molecule has 0 N–H and O–H groups in total. The zero-order chi connectivity index (χ0) is 14.3. The van der Waals surface area contributed by atoms with E-state index in [0.717, 1.165) is 0 Å². The van der Waals surface area contributed by atoms with Crippen LogP contribution in [0.4, 0.5) is 13.2 Å². The van der Waals surface area contributed by atoms with Gasteiger partial charge in [-0.2, -0.15) is 21.6 Å². The van der Waals surface area contributed by atoms with E-state index in [1.165, 1.54) is 12.1 Å². The molecule has 3 nitrogen and oxygen atoms in total. The van der Waals surface area contributed by atoms with Crippen LogP contribution in [0.2, 0.25) is 5.02 Å². The SMILES string of the molecule is O=S(=O)(OC1=CCCc2ccc(Cl)cc21)C(F)(F)F. The molecule has 1 aromatic rings. The maximum Gasteiger partial charge on any atom is 0.534 e. The Labute approximate surface area is 112 Å². The average Bonchev–Trinajstić information content (AvgIpc) is 2.28. The van der Waals surface area contributed by atoms with Crippen molar-refractivity contribution in [1.29, 1.82) is 0 Å². The number of fused-ring (bicyclic) bond motifs is 1. The third kappa shape index (κ3) is 2.87. The summed E-state index contributed by atoms with van der Waals surface area (Å²) in [5, 5.41) is 0.291. The smallest absolute Gasteiger partial charge is 0.376 e. The third-order valence-corrected chi connectivity index (χ3v) is 3.76. The molecule has 1 aliphatic carbocycles. The third-order valence-electron chi connectivity index (χ3n) is 2.56. The summed E-state index contributed by atoms with van der Waals surface area (Å²) < 4.78 is 63.0. The predicted octanol–water partition coefficient (Wildman–Crippen LogP) is 3.49. The number of rotatable bonds is 2. The first-order valence-corrected chi connectivity index (χ1v) is 6.99. The minimum Gasteiger partial charge on any atom is -0.376 e. The van der Waals surface area contributed by atoms with E-state index < -0.39 is 15.6 Å². The van der Waals surface area contributed by atoms with E-state index >= 15 is 0 Å². The number of hydrogen-bond donors (Lipinski definition) is 0. The summed E-state index contributed by atoms with van der Waals surface area (Å²) in [5.41, 5.74) is -4.49. The normalized spacial score (nSPS) is 15.7. The molecule has 0 fully saturated rings. The van der Waals surface area contributed by atoms with Crippen molar-refractivity contribution in [2.45, 2.75) is 18.3 Å². The van der Waals surface area contributed by atoms with E-state index in [-0.39, 0.29) is 11.3 Å². The van der Waals surface area contributed by atoms with Gasteiger partial charge in [0.15, 0.2) is 0 Å². The van der Waals surface area contributed by atoms with E-state index in [1.807, 2.05) is 0 Å². The van der Waals surface area contributed by atoms with Gasteiger partial charge < -0.3 is 4.18 Å². The molecule has 0 heterocycles. The van der Waals surface area contributed by atoms with Crippen molar-refractivity contribution in [3.63, 3.8) is 0 Å². The molecule has 0 spiro atoms. The minimum absolute atomic E-state index is 0.270. The standard InChI is InChI=1S/C11H8ClF3O3S/c12-8-5-4-7-2-1-3-10(9(7)6-8)18-19(16,17)11(13,14)15/h3-6H,1-2H2. The molecule has 0 saturated heterocycles. The van der Waals surface area contributed by atoms with E-state index in [4.69, 9.17) is 11.6 Å². The van der Waals surface area contributed by atoms with Crippen molar-refractivity contribution in [1.82, 2.24) is 0 Å². The second-order valence-electron chi connectivity index (χ2n) is 3.89. The molecule has 0 atom stereocenters. The van der Waals surface area contributed by atoms with Crippen LogP contribution in [0.15, 0.2) is 24.3 Å². The van der Waals surface area contributed by atoms with Crippen LogP contribution < -0.4 is 0 Å². The highest BCUT2D eigenvalue weighted by Crippen LogP contribution is 2.34. The van der Waals surface area contributed by atoms with Gasteiger partial charge in [0.05, 0.1) is 0 Å². The zero-order valence-corrected chi connectivity index (χ0v) is 10.9. The fraction of sp³-hybridized carbons (Fsp3) is 0.273. The Hall–Kier alpha value is -1.21. The van der Waals surface area contributed by atoms with Crippen LogP contribution in [0, 0.1) is 0 Å². The lowest BCUT2D eigenvalue weighted by atomic mass is 9.96. The first-order chi connectivity index (χ1) is 8.71. The van der Waals surface area contributed by atoms with Crippen LogP contribution in [0.5, 0.6) is 0 Å². The number of aryl methyl sites for hydroxylation is 1. The maximum absolute atomic E-state index is 12.3. The molecular formula is C11H8ClF3O3S. The molecule has 0 bridgehead atoms. The van der Waals surface area contributed by atoms with Crippen LogP contribution >= 0.6 is 11.6 Å². The van der Waals surface area contributed by atoms with Gasteiger partial charge in [0.2, 0.25) is 0 Å². The van der Waals surface area contributed by atoms with Crippen LogP contribution in [-0.2, 0) is 20.7 Å². The lowest BCUT2D eigenvalue weighted by Crippen LogP contribution is -2.25. The summed E-state index contributed by atoms with van der Waals surface area (Å²) in [6.07, 6.45) is 2.30. The monoisotopic (exact) mass is 312 g/mol. The molecule has 104 valence electrons. The maximum atomic E-state index is 12.3. The minimum atomic E-state index is -5.66. The molecule has 0 saturated carbocycles. The predicted molar refractivity (Wildman–Crippen MR) is 63.8 cm³/mol. The second-order valence-corrected chi connectivity index (χ2v) is 5.87. The Balaban J connectivity index is 2.39. The molecule has 0 amide bonds. The van der Waals surface area contributed by atoms with Crippen LogP contribution in [0.1, 0.15) is 17.5 Å². The summed E-state index contributed by atoms with van der Waals surface area (Å²) >= 11 is 5.75. The van der Waals surface area contributed by atoms with Crippen molar-refractivity contribution in [3.05, 3.63) is 40.4 Å². The number of alkyl halides is 3. The highest BCUT2D eigenvalue weighted by molar-refractivity contribution is 7.87. The van der Waals surface area contributed by atoms with Crippen molar-refractivity contribution < 1.29 is 25.8 Å². The molecule has 0 unspecified atom stereocenters. The Morgan fingerprint density at radius 2 is 1.95 bits per heavy atom. The number of halogens is 4. The molecule has 0 aliphatic heterocycles. The van der Waals surface area contributed by atoms with Gasteiger partial charge in [-0.25, -0.2) is 0 Å². The first kappa shape index (κ1) is 14.2. The summed E-state index contributed by atoms with van der Waals surface area (Å²) in [7, 11) is -5.66. The van der Waals surface area contributed by atoms with Crippen molar-refractivity contribution >= 4 is 27.5 Å². The van der Waals surface area contributed by atoms with E-state index in [1.54, 1.807) is 12.1 Å². The fourth-order valence-electron chi connectivity index (χ4n) is 1.71. The Morgan fingerprint density at radius 1 is 1.26 bits per heavy atom. The van der Waals surface area contributed by atoms with Gasteiger partial charge >= 0.3 is 15.6 Å².